The smallest absolute Gasteiger partial charge is 0.227 e. The lowest BCUT2D eigenvalue weighted by molar-refractivity contribution is -0.133. The molecule has 2 aromatic carbocycles. The largest absolute Gasteiger partial charge is 0.340 e. The lowest BCUT2D eigenvalue weighted by Crippen LogP contribution is -2.48. The molecule has 1 unspecified atom stereocenters. The van der Waals surface area contributed by atoms with Crippen LogP contribution in [0.2, 0.25) is 0 Å². The van der Waals surface area contributed by atoms with E-state index in [-0.39, 0.29) is 17.7 Å². The van der Waals surface area contributed by atoms with Crippen molar-refractivity contribution in [3.05, 3.63) is 65.2 Å². The fourth-order valence-electron chi connectivity index (χ4n) is 4.52. The molecule has 2 heterocycles. The highest BCUT2D eigenvalue weighted by Crippen LogP contribution is 2.27. The molecule has 2 aliphatic rings. The van der Waals surface area contributed by atoms with Crippen LogP contribution in [-0.2, 0) is 22.6 Å². The number of hydrogen-bond acceptors (Lipinski definition) is 3. The number of nitrogens with one attached hydrogen (secondary N) is 1. The molecule has 5 nitrogen and oxygen atoms in total. The van der Waals surface area contributed by atoms with Gasteiger partial charge in [-0.05, 0) is 41.5 Å². The average Bonchev–Trinajstić information content (AvgIpc) is 2.78. The van der Waals surface area contributed by atoms with Crippen molar-refractivity contribution in [3.63, 3.8) is 0 Å². The fraction of sp³-hybridized carbons (Fsp3) is 0.462. The molecule has 0 radical (unpaired) electrons. The highest BCUT2D eigenvalue weighted by Gasteiger charge is 2.28. The van der Waals surface area contributed by atoms with E-state index in [0.29, 0.717) is 18.8 Å². The zero-order valence-electron chi connectivity index (χ0n) is 18.6. The second-order valence-corrected chi connectivity index (χ2v) is 9.14. The van der Waals surface area contributed by atoms with Crippen molar-refractivity contribution in [2.45, 2.75) is 45.6 Å². The van der Waals surface area contributed by atoms with Crippen molar-refractivity contribution >= 4 is 17.5 Å². The van der Waals surface area contributed by atoms with E-state index < -0.39 is 0 Å². The molecular weight excluding hydrogens is 386 g/mol. The van der Waals surface area contributed by atoms with E-state index >= 15 is 0 Å². The molecule has 4 rings (SSSR count). The Morgan fingerprint density at radius 2 is 1.74 bits per heavy atom. The number of nitrogens with zero attached hydrogens (tertiary/aromatic N) is 2. The van der Waals surface area contributed by atoms with Crippen LogP contribution in [0, 0.1) is 5.92 Å². The molecule has 2 aliphatic heterocycles. The van der Waals surface area contributed by atoms with E-state index in [1.807, 2.05) is 23.1 Å². The number of amides is 2. The number of carbonyl (C=O) groups excluding carboxylic acids is 2. The van der Waals surface area contributed by atoms with Crippen molar-refractivity contribution in [1.82, 2.24) is 9.80 Å². The van der Waals surface area contributed by atoms with Gasteiger partial charge in [-0.15, -0.1) is 0 Å². The highest BCUT2D eigenvalue weighted by molar-refractivity contribution is 5.96. The Bertz CT molecular complexity index is 915. The van der Waals surface area contributed by atoms with Gasteiger partial charge in [0.2, 0.25) is 11.8 Å². The molecule has 1 saturated heterocycles. The number of fused-ring (bicyclic) bond motifs is 1. The SMILES string of the molecule is CC(C)c1ccc(CN2CCN(C(=O)CCC3Cc4ccccc4NC3=O)CC2)cc1. The zero-order chi connectivity index (χ0) is 21.8. The van der Waals surface area contributed by atoms with Crippen molar-refractivity contribution in [1.29, 1.82) is 0 Å². The van der Waals surface area contributed by atoms with Crippen molar-refractivity contribution in [2.24, 2.45) is 5.92 Å². The van der Waals surface area contributed by atoms with Gasteiger partial charge in [0.1, 0.15) is 0 Å². The number of piperazine rings is 1. The first kappa shape index (κ1) is 21.6. The highest BCUT2D eigenvalue weighted by atomic mass is 16.2. The number of carbonyl (C=O) groups is 2. The number of rotatable bonds is 6. The standard InChI is InChI=1S/C26H33N3O2/c1-19(2)21-9-7-20(8-10-21)18-28-13-15-29(16-14-28)25(30)12-11-23-17-22-5-3-4-6-24(22)27-26(23)31/h3-10,19,23H,11-18H2,1-2H3,(H,27,31). The van der Waals surface area contributed by atoms with Gasteiger partial charge in [-0.25, -0.2) is 0 Å². The van der Waals surface area contributed by atoms with E-state index in [1.54, 1.807) is 0 Å². The van der Waals surface area contributed by atoms with E-state index in [1.165, 1.54) is 11.1 Å². The quantitative estimate of drug-likeness (QED) is 0.769. The van der Waals surface area contributed by atoms with Gasteiger partial charge in [0.05, 0.1) is 0 Å². The third-order valence-electron chi connectivity index (χ3n) is 6.60. The van der Waals surface area contributed by atoms with Gasteiger partial charge >= 0.3 is 0 Å². The van der Waals surface area contributed by atoms with E-state index in [4.69, 9.17) is 0 Å². The summed E-state index contributed by atoms with van der Waals surface area (Å²) in [5.74, 6) is 0.652. The maximum atomic E-state index is 12.7. The van der Waals surface area contributed by atoms with Crippen LogP contribution in [0.5, 0.6) is 0 Å². The van der Waals surface area contributed by atoms with Gasteiger partial charge < -0.3 is 10.2 Å². The van der Waals surface area contributed by atoms with Crippen molar-refractivity contribution < 1.29 is 9.59 Å². The molecule has 164 valence electrons. The Morgan fingerprint density at radius 1 is 1.03 bits per heavy atom. The third kappa shape index (κ3) is 5.34. The minimum atomic E-state index is -0.117. The summed E-state index contributed by atoms with van der Waals surface area (Å²) in [6, 6.07) is 16.8. The van der Waals surface area contributed by atoms with Gasteiger partial charge in [0.15, 0.2) is 0 Å². The summed E-state index contributed by atoms with van der Waals surface area (Å²) >= 11 is 0. The van der Waals surface area contributed by atoms with Crippen LogP contribution < -0.4 is 5.32 Å². The summed E-state index contributed by atoms with van der Waals surface area (Å²) in [7, 11) is 0. The maximum absolute atomic E-state index is 12.7. The minimum absolute atomic E-state index is 0.0415. The topological polar surface area (TPSA) is 52.6 Å². The molecule has 0 bridgehead atoms. The monoisotopic (exact) mass is 419 g/mol. The van der Waals surface area contributed by atoms with Crippen molar-refractivity contribution in [2.75, 3.05) is 31.5 Å². The predicted octanol–water partition coefficient (Wildman–Crippen LogP) is 4.05. The zero-order valence-corrected chi connectivity index (χ0v) is 18.6. The summed E-state index contributed by atoms with van der Waals surface area (Å²) in [4.78, 5) is 29.5. The van der Waals surface area contributed by atoms with Crippen molar-refractivity contribution in [3.8, 4) is 0 Å². The molecule has 0 saturated carbocycles. The van der Waals surface area contributed by atoms with Gasteiger partial charge in [-0.1, -0.05) is 56.3 Å². The van der Waals surface area contributed by atoms with E-state index in [0.717, 1.165) is 50.4 Å². The van der Waals surface area contributed by atoms with Crippen LogP contribution in [0.1, 0.15) is 49.3 Å². The summed E-state index contributed by atoms with van der Waals surface area (Å²) in [5.41, 5.74) is 4.77. The lowest BCUT2D eigenvalue weighted by Gasteiger charge is -2.35. The Kier molecular flexibility index (Phi) is 6.71. The minimum Gasteiger partial charge on any atom is -0.340 e. The number of para-hydroxylation sites is 1. The molecule has 2 amide bonds. The Balaban J connectivity index is 1.22. The van der Waals surface area contributed by atoms with Crippen LogP contribution in [-0.4, -0.2) is 47.8 Å². The van der Waals surface area contributed by atoms with Crippen LogP contribution in [0.4, 0.5) is 5.69 Å². The second kappa shape index (κ2) is 9.65. The molecule has 1 atom stereocenters. The summed E-state index contributed by atoms with van der Waals surface area (Å²) in [6.45, 7) is 8.69. The Hall–Kier alpha value is -2.66. The van der Waals surface area contributed by atoms with E-state index in [2.05, 4.69) is 54.4 Å². The molecule has 1 N–H and O–H groups in total. The summed E-state index contributed by atoms with van der Waals surface area (Å²) in [6.07, 6.45) is 1.77. The Morgan fingerprint density at radius 3 is 2.45 bits per heavy atom. The first-order valence-corrected chi connectivity index (χ1v) is 11.5. The van der Waals surface area contributed by atoms with Gasteiger partial charge in [-0.3, -0.25) is 14.5 Å². The van der Waals surface area contributed by atoms with Gasteiger partial charge in [0.25, 0.3) is 0 Å². The molecule has 0 aliphatic carbocycles. The molecule has 31 heavy (non-hydrogen) atoms. The first-order chi connectivity index (χ1) is 15.0. The molecule has 0 aromatic heterocycles. The number of hydrogen-bond donors (Lipinski definition) is 1. The van der Waals surface area contributed by atoms with Crippen LogP contribution in [0.25, 0.3) is 0 Å². The maximum Gasteiger partial charge on any atom is 0.227 e. The van der Waals surface area contributed by atoms with Gasteiger partial charge in [0, 0.05) is 50.7 Å². The van der Waals surface area contributed by atoms with Crippen LogP contribution >= 0.6 is 0 Å². The normalized spacial score (nSPS) is 19.3. The first-order valence-electron chi connectivity index (χ1n) is 11.5. The molecule has 0 spiro atoms. The van der Waals surface area contributed by atoms with Gasteiger partial charge in [-0.2, -0.15) is 0 Å². The lowest BCUT2D eigenvalue weighted by atomic mass is 9.89. The summed E-state index contributed by atoms with van der Waals surface area (Å²) < 4.78 is 0. The summed E-state index contributed by atoms with van der Waals surface area (Å²) in [5, 5.41) is 2.98. The van der Waals surface area contributed by atoms with Crippen LogP contribution in [0.15, 0.2) is 48.5 Å². The third-order valence-corrected chi connectivity index (χ3v) is 6.60. The number of benzene rings is 2. The fourth-order valence-corrected chi connectivity index (χ4v) is 4.52. The number of anilines is 1. The molecule has 2 aromatic rings. The second-order valence-electron chi connectivity index (χ2n) is 9.14. The molecule has 5 heteroatoms. The van der Waals surface area contributed by atoms with Crippen LogP contribution in [0.3, 0.4) is 0 Å². The average molecular weight is 420 g/mol. The van der Waals surface area contributed by atoms with E-state index in [9.17, 15) is 9.59 Å². The molecule has 1 fully saturated rings. The molecular formula is C26H33N3O2. The predicted molar refractivity (Wildman–Crippen MR) is 124 cm³/mol. The Labute approximate surface area is 185 Å².